The SMILES string of the molecule is CC.CCc1ccc(CO/C=C/C=C(\C=C\OC)C2CN(C(=O)c3ncc(F)cc3F)C2)cc1. The van der Waals surface area contributed by atoms with Gasteiger partial charge in [0.05, 0.1) is 25.8 Å². The smallest absolute Gasteiger partial charge is 0.275 e. The van der Waals surface area contributed by atoms with E-state index in [2.05, 4.69) is 24.0 Å². The van der Waals surface area contributed by atoms with Crippen molar-refractivity contribution in [2.45, 2.75) is 33.8 Å². The molecule has 2 aromatic rings. The largest absolute Gasteiger partial charge is 0.504 e. The monoisotopic (exact) mass is 470 g/mol. The fourth-order valence-corrected chi connectivity index (χ4v) is 3.27. The van der Waals surface area contributed by atoms with Crippen molar-refractivity contribution in [3.63, 3.8) is 0 Å². The van der Waals surface area contributed by atoms with Crippen molar-refractivity contribution >= 4 is 5.91 Å². The Morgan fingerprint density at radius 1 is 1.15 bits per heavy atom. The average molecular weight is 471 g/mol. The van der Waals surface area contributed by atoms with Crippen LogP contribution in [0.4, 0.5) is 8.78 Å². The Kier molecular flexibility index (Phi) is 11.0. The van der Waals surface area contributed by atoms with E-state index in [1.54, 1.807) is 25.7 Å². The summed E-state index contributed by atoms with van der Waals surface area (Å²) in [5.41, 5.74) is 2.94. The zero-order valence-electron chi connectivity index (χ0n) is 20.1. The van der Waals surface area contributed by atoms with E-state index in [0.717, 1.165) is 23.8 Å². The van der Waals surface area contributed by atoms with E-state index in [9.17, 15) is 13.6 Å². The van der Waals surface area contributed by atoms with Crippen LogP contribution in [0.25, 0.3) is 0 Å². The molecule has 0 unspecified atom stereocenters. The molecule has 1 fully saturated rings. The quantitative estimate of drug-likeness (QED) is 0.341. The van der Waals surface area contributed by atoms with Crippen molar-refractivity contribution in [2.24, 2.45) is 5.92 Å². The number of rotatable bonds is 9. The fraction of sp³-hybridized carbons (Fsp3) is 0.333. The van der Waals surface area contributed by atoms with Gasteiger partial charge in [0.25, 0.3) is 5.91 Å². The van der Waals surface area contributed by atoms with Crippen molar-refractivity contribution < 1.29 is 23.0 Å². The predicted octanol–water partition coefficient (Wildman–Crippen LogP) is 5.84. The van der Waals surface area contributed by atoms with Crippen LogP contribution in [0.3, 0.4) is 0 Å². The molecule has 0 N–H and O–H groups in total. The Bertz CT molecular complexity index is 1010. The van der Waals surface area contributed by atoms with Crippen LogP contribution >= 0.6 is 0 Å². The predicted molar refractivity (Wildman–Crippen MR) is 129 cm³/mol. The molecule has 7 heteroatoms. The number of hydrogen-bond acceptors (Lipinski definition) is 4. The van der Waals surface area contributed by atoms with Gasteiger partial charge in [0.2, 0.25) is 0 Å². The van der Waals surface area contributed by atoms with Crippen LogP contribution in [-0.4, -0.2) is 36.0 Å². The van der Waals surface area contributed by atoms with Crippen molar-refractivity contribution in [3.05, 3.63) is 101 Å². The molecule has 1 amide bonds. The molecule has 0 spiro atoms. The van der Waals surface area contributed by atoms with Crippen LogP contribution in [-0.2, 0) is 22.5 Å². The van der Waals surface area contributed by atoms with Crippen LogP contribution in [0, 0.1) is 17.6 Å². The standard InChI is InChI=1S/C25H26F2N2O3.C2H6/c1-3-18-6-8-19(9-7-18)17-32-11-4-5-20(10-12-31-2)21-15-29(16-21)25(30)24-23(27)13-22(26)14-28-24;1-2/h4-14,21H,3,15-17H2,1-2H3;1-2H3/b11-4+,12-10+,20-5+;. The van der Waals surface area contributed by atoms with E-state index in [4.69, 9.17) is 9.47 Å². The molecular weight excluding hydrogens is 438 g/mol. The number of allylic oxidation sites excluding steroid dienone is 3. The Hall–Kier alpha value is -3.48. The Morgan fingerprint density at radius 3 is 2.44 bits per heavy atom. The number of amides is 1. The molecule has 3 rings (SSSR count). The number of likely N-dealkylation sites (tertiary alicyclic amines) is 1. The maximum Gasteiger partial charge on any atom is 0.275 e. The molecule has 0 saturated carbocycles. The second kappa shape index (κ2) is 13.9. The third-order valence-corrected chi connectivity index (χ3v) is 5.19. The number of aryl methyl sites for hydroxylation is 1. The van der Waals surface area contributed by atoms with E-state index in [1.807, 2.05) is 38.1 Å². The summed E-state index contributed by atoms with van der Waals surface area (Å²) in [6.45, 7) is 7.39. The normalized spacial score (nSPS) is 14.1. The summed E-state index contributed by atoms with van der Waals surface area (Å²) >= 11 is 0. The van der Waals surface area contributed by atoms with Gasteiger partial charge in [-0.15, -0.1) is 0 Å². The number of methoxy groups -OCH3 is 1. The van der Waals surface area contributed by atoms with Crippen LogP contribution in [0.5, 0.6) is 0 Å². The second-order valence-electron chi connectivity index (χ2n) is 7.41. The highest BCUT2D eigenvalue weighted by Crippen LogP contribution is 2.26. The number of hydrogen-bond donors (Lipinski definition) is 0. The summed E-state index contributed by atoms with van der Waals surface area (Å²) in [7, 11) is 1.55. The molecule has 1 aromatic heterocycles. The molecule has 34 heavy (non-hydrogen) atoms. The highest BCUT2D eigenvalue weighted by Gasteiger charge is 2.34. The maximum absolute atomic E-state index is 13.8. The maximum atomic E-state index is 13.8. The van der Waals surface area contributed by atoms with E-state index in [0.29, 0.717) is 25.8 Å². The number of aromatic nitrogens is 1. The number of pyridine rings is 1. The number of carbonyl (C=O) groups excluding carboxylic acids is 1. The number of nitrogens with zero attached hydrogens (tertiary/aromatic N) is 2. The van der Waals surface area contributed by atoms with Crippen molar-refractivity contribution in [1.82, 2.24) is 9.88 Å². The molecule has 1 aliphatic heterocycles. The van der Waals surface area contributed by atoms with E-state index in [-0.39, 0.29) is 11.6 Å². The van der Waals surface area contributed by atoms with E-state index >= 15 is 0 Å². The molecule has 5 nitrogen and oxygen atoms in total. The van der Waals surface area contributed by atoms with Gasteiger partial charge in [0.1, 0.15) is 12.4 Å². The van der Waals surface area contributed by atoms with Crippen LogP contribution < -0.4 is 0 Å². The zero-order chi connectivity index (χ0) is 24.9. The van der Waals surface area contributed by atoms with Gasteiger partial charge in [0.15, 0.2) is 11.5 Å². The summed E-state index contributed by atoms with van der Waals surface area (Å²) < 4.78 is 37.5. The lowest BCUT2D eigenvalue weighted by Gasteiger charge is -2.39. The summed E-state index contributed by atoms with van der Waals surface area (Å²) in [4.78, 5) is 17.5. The van der Waals surface area contributed by atoms with Crippen LogP contribution in [0.15, 0.2) is 72.9 Å². The van der Waals surface area contributed by atoms with Crippen LogP contribution in [0.2, 0.25) is 0 Å². The van der Waals surface area contributed by atoms with Gasteiger partial charge in [-0.2, -0.15) is 0 Å². The van der Waals surface area contributed by atoms with Gasteiger partial charge in [-0.1, -0.05) is 51.1 Å². The molecule has 1 saturated heterocycles. The zero-order valence-corrected chi connectivity index (χ0v) is 20.1. The summed E-state index contributed by atoms with van der Waals surface area (Å²) in [6.07, 6.45) is 10.5. The number of carbonyl (C=O) groups is 1. The molecule has 0 aliphatic carbocycles. The molecule has 1 aromatic carbocycles. The summed E-state index contributed by atoms with van der Waals surface area (Å²) in [6, 6.07) is 8.94. The number of benzene rings is 1. The minimum Gasteiger partial charge on any atom is -0.504 e. The molecule has 182 valence electrons. The van der Waals surface area contributed by atoms with E-state index in [1.165, 1.54) is 10.5 Å². The fourth-order valence-electron chi connectivity index (χ4n) is 3.27. The topological polar surface area (TPSA) is 51.7 Å². The molecule has 1 aliphatic rings. The first kappa shape index (κ1) is 26.8. The molecule has 2 heterocycles. The minimum absolute atomic E-state index is 0.0556. The summed E-state index contributed by atoms with van der Waals surface area (Å²) in [5.74, 6) is -2.28. The first-order valence-corrected chi connectivity index (χ1v) is 11.4. The van der Waals surface area contributed by atoms with Crippen molar-refractivity contribution in [2.75, 3.05) is 20.2 Å². The van der Waals surface area contributed by atoms with E-state index < -0.39 is 17.5 Å². The Morgan fingerprint density at radius 2 is 1.82 bits per heavy atom. The molecular formula is C27H32F2N2O3. The first-order valence-electron chi connectivity index (χ1n) is 11.4. The summed E-state index contributed by atoms with van der Waals surface area (Å²) in [5, 5.41) is 0. The number of ether oxygens (including phenoxy) is 2. The van der Waals surface area contributed by atoms with Gasteiger partial charge in [0, 0.05) is 25.1 Å². The second-order valence-corrected chi connectivity index (χ2v) is 7.41. The van der Waals surface area contributed by atoms with Gasteiger partial charge >= 0.3 is 0 Å². The van der Waals surface area contributed by atoms with Crippen LogP contribution in [0.1, 0.15) is 42.4 Å². The third-order valence-electron chi connectivity index (χ3n) is 5.19. The molecule has 0 atom stereocenters. The Labute approximate surface area is 200 Å². The number of halogens is 2. The average Bonchev–Trinajstić information content (AvgIpc) is 2.82. The van der Waals surface area contributed by atoms with Crippen molar-refractivity contribution in [1.29, 1.82) is 0 Å². The first-order chi connectivity index (χ1) is 16.5. The Balaban J connectivity index is 0.00000199. The lowest BCUT2D eigenvalue weighted by Crippen LogP contribution is -2.50. The van der Waals surface area contributed by atoms with Gasteiger partial charge in [-0.25, -0.2) is 13.8 Å². The lowest BCUT2D eigenvalue weighted by molar-refractivity contribution is 0.0546. The highest BCUT2D eigenvalue weighted by atomic mass is 19.1. The van der Waals surface area contributed by atoms with Gasteiger partial charge in [-0.3, -0.25) is 4.79 Å². The van der Waals surface area contributed by atoms with Gasteiger partial charge < -0.3 is 14.4 Å². The highest BCUT2D eigenvalue weighted by molar-refractivity contribution is 5.93. The third kappa shape index (κ3) is 7.54. The van der Waals surface area contributed by atoms with Crippen molar-refractivity contribution in [3.8, 4) is 0 Å². The lowest BCUT2D eigenvalue weighted by atomic mass is 9.90. The molecule has 0 bridgehead atoms. The molecule has 0 radical (unpaired) electrons. The van der Waals surface area contributed by atoms with Gasteiger partial charge in [-0.05, 0) is 35.3 Å². The minimum atomic E-state index is -0.960.